The van der Waals surface area contributed by atoms with Crippen molar-refractivity contribution in [2.75, 3.05) is 13.2 Å². The van der Waals surface area contributed by atoms with Crippen molar-refractivity contribution in [1.29, 1.82) is 0 Å². The Balaban J connectivity index is 2.89. The number of carbonyl (C=O) groups is 2. The van der Waals surface area contributed by atoms with Gasteiger partial charge in [-0.25, -0.2) is 0 Å². The number of hydrogen-bond acceptors (Lipinski definition) is 7. The summed E-state index contributed by atoms with van der Waals surface area (Å²) in [5.41, 5.74) is 8.67. The van der Waals surface area contributed by atoms with E-state index in [-0.39, 0.29) is 19.6 Å². The van der Waals surface area contributed by atoms with Gasteiger partial charge in [-0.1, -0.05) is 11.2 Å². The van der Waals surface area contributed by atoms with Gasteiger partial charge in [0.15, 0.2) is 6.29 Å². The average molecular weight is 313 g/mol. The van der Waals surface area contributed by atoms with E-state index in [1.165, 1.54) is 13.8 Å². The highest BCUT2D eigenvalue weighted by molar-refractivity contribution is 5.66. The largest absolute Gasteiger partial charge is 0.463 e. The van der Waals surface area contributed by atoms with E-state index >= 15 is 0 Å². The van der Waals surface area contributed by atoms with Crippen LogP contribution in [0.1, 0.15) is 20.3 Å². The molecule has 1 fully saturated rings. The van der Waals surface area contributed by atoms with Gasteiger partial charge in [-0.05, 0) is 5.53 Å². The maximum absolute atomic E-state index is 11.2. The summed E-state index contributed by atoms with van der Waals surface area (Å²) < 4.78 is 21.1. The summed E-state index contributed by atoms with van der Waals surface area (Å²) in [6, 6.07) is -0.682. The summed E-state index contributed by atoms with van der Waals surface area (Å²) in [5, 5.41) is 3.63. The van der Waals surface area contributed by atoms with E-state index < -0.39 is 36.5 Å². The molecule has 122 valence electrons. The van der Waals surface area contributed by atoms with Crippen molar-refractivity contribution in [3.05, 3.63) is 23.1 Å². The third kappa shape index (κ3) is 5.72. The molecule has 0 saturated carbocycles. The number of azide groups is 1. The quantitative estimate of drug-likeness (QED) is 0.231. The van der Waals surface area contributed by atoms with E-state index in [9.17, 15) is 9.59 Å². The minimum atomic E-state index is -0.851. The zero-order valence-electron chi connectivity index (χ0n) is 12.5. The molecule has 0 radical (unpaired) electrons. The van der Waals surface area contributed by atoms with Crippen molar-refractivity contribution in [2.45, 2.75) is 44.8 Å². The molecule has 22 heavy (non-hydrogen) atoms. The lowest BCUT2D eigenvalue weighted by Crippen LogP contribution is -2.52. The first kappa shape index (κ1) is 18.0. The van der Waals surface area contributed by atoms with Gasteiger partial charge in [0.05, 0.1) is 12.6 Å². The molecule has 4 atom stereocenters. The van der Waals surface area contributed by atoms with Crippen LogP contribution in [-0.4, -0.2) is 49.7 Å². The minimum Gasteiger partial charge on any atom is -0.463 e. The van der Waals surface area contributed by atoms with Gasteiger partial charge in [-0.2, -0.15) is 0 Å². The highest BCUT2D eigenvalue weighted by Crippen LogP contribution is 2.27. The lowest BCUT2D eigenvalue weighted by atomic mass is 9.99. The number of ether oxygens (including phenoxy) is 4. The SMILES string of the molecule is C=CCO[C@@H]1C[C@@H](N=[N+]=[N-])[C@H](OC(C)=O)[C@@H](COC(C)=O)O1. The number of esters is 2. The Bertz CT molecular complexity index is 463. The first-order chi connectivity index (χ1) is 10.5. The second kappa shape index (κ2) is 9.04. The van der Waals surface area contributed by atoms with Crippen LogP contribution in [0.25, 0.3) is 10.4 Å². The maximum Gasteiger partial charge on any atom is 0.303 e. The molecule has 0 aromatic rings. The molecule has 9 heteroatoms. The molecule has 9 nitrogen and oxygen atoms in total. The molecule has 1 saturated heterocycles. The van der Waals surface area contributed by atoms with Crippen LogP contribution in [0.2, 0.25) is 0 Å². The van der Waals surface area contributed by atoms with Crippen LogP contribution in [-0.2, 0) is 28.5 Å². The molecule has 0 spiro atoms. The zero-order chi connectivity index (χ0) is 16.5. The summed E-state index contributed by atoms with van der Waals surface area (Å²) in [6.45, 7) is 6.12. The van der Waals surface area contributed by atoms with Gasteiger partial charge in [0, 0.05) is 25.2 Å². The Kier molecular flexibility index (Phi) is 7.38. The third-order valence-corrected chi connectivity index (χ3v) is 2.86. The van der Waals surface area contributed by atoms with E-state index in [2.05, 4.69) is 16.6 Å². The Morgan fingerprint density at radius 2 is 2.18 bits per heavy atom. The third-order valence-electron chi connectivity index (χ3n) is 2.86. The van der Waals surface area contributed by atoms with Crippen molar-refractivity contribution < 1.29 is 28.5 Å². The van der Waals surface area contributed by atoms with Gasteiger partial charge in [0.25, 0.3) is 0 Å². The summed E-state index contributed by atoms with van der Waals surface area (Å²) >= 11 is 0. The average Bonchev–Trinajstić information content (AvgIpc) is 2.45. The molecule has 1 heterocycles. The molecule has 0 aromatic carbocycles. The molecular formula is C13H19N3O6. The number of rotatable bonds is 7. The van der Waals surface area contributed by atoms with Crippen LogP contribution < -0.4 is 0 Å². The van der Waals surface area contributed by atoms with E-state index in [4.69, 9.17) is 24.5 Å². The van der Waals surface area contributed by atoms with Crippen LogP contribution in [0.5, 0.6) is 0 Å². The lowest BCUT2D eigenvalue weighted by Gasteiger charge is -2.38. The number of carbonyl (C=O) groups excluding carboxylic acids is 2. The van der Waals surface area contributed by atoms with Gasteiger partial charge < -0.3 is 18.9 Å². The molecule has 1 aliphatic rings. The van der Waals surface area contributed by atoms with Crippen molar-refractivity contribution in [2.24, 2.45) is 5.11 Å². The summed E-state index contributed by atoms with van der Waals surface area (Å²) in [7, 11) is 0. The molecule has 0 aromatic heterocycles. The zero-order valence-corrected chi connectivity index (χ0v) is 12.5. The fourth-order valence-corrected chi connectivity index (χ4v) is 2.05. The van der Waals surface area contributed by atoms with Gasteiger partial charge in [0.2, 0.25) is 0 Å². The molecule has 0 bridgehead atoms. The van der Waals surface area contributed by atoms with Crippen LogP contribution in [0.3, 0.4) is 0 Å². The second-order valence-electron chi connectivity index (χ2n) is 4.61. The monoisotopic (exact) mass is 313 g/mol. The predicted octanol–water partition coefficient (Wildman–Crippen LogP) is 1.48. The molecule has 0 N–H and O–H groups in total. The molecule has 0 aliphatic carbocycles. The molecular weight excluding hydrogens is 294 g/mol. The fourth-order valence-electron chi connectivity index (χ4n) is 2.05. The maximum atomic E-state index is 11.2. The summed E-state index contributed by atoms with van der Waals surface area (Å²) in [5.74, 6) is -1.05. The number of hydrogen-bond donors (Lipinski definition) is 0. The van der Waals surface area contributed by atoms with E-state index in [1.54, 1.807) is 6.08 Å². The smallest absolute Gasteiger partial charge is 0.303 e. The lowest BCUT2D eigenvalue weighted by molar-refractivity contribution is -0.239. The Hall–Kier alpha value is -2.09. The molecule has 1 rings (SSSR count). The first-order valence-corrected chi connectivity index (χ1v) is 6.70. The Labute approximate surface area is 127 Å². The number of nitrogens with zero attached hydrogens (tertiary/aromatic N) is 3. The molecule has 0 amide bonds. The summed E-state index contributed by atoms with van der Waals surface area (Å²) in [4.78, 5) is 25.0. The Morgan fingerprint density at radius 3 is 2.73 bits per heavy atom. The van der Waals surface area contributed by atoms with E-state index in [0.717, 1.165) is 0 Å². The van der Waals surface area contributed by atoms with Crippen LogP contribution in [0.4, 0.5) is 0 Å². The molecule has 1 aliphatic heterocycles. The highest BCUT2D eigenvalue weighted by atomic mass is 16.7. The summed E-state index contributed by atoms with van der Waals surface area (Å²) in [6.07, 6.45) is -0.554. The van der Waals surface area contributed by atoms with Crippen LogP contribution in [0, 0.1) is 0 Å². The highest BCUT2D eigenvalue weighted by Gasteiger charge is 2.41. The van der Waals surface area contributed by atoms with Crippen molar-refractivity contribution in [3.8, 4) is 0 Å². The minimum absolute atomic E-state index is 0.140. The standard InChI is InChI=1S/C13H19N3O6/c1-4-5-19-12-6-10(15-16-14)13(21-9(3)18)11(22-12)7-20-8(2)17/h4,10-13H,1,5-7H2,2-3H3/t10-,11-,12+,13+/m1/s1. The Morgan fingerprint density at radius 1 is 1.45 bits per heavy atom. The predicted molar refractivity (Wildman–Crippen MR) is 74.5 cm³/mol. The van der Waals surface area contributed by atoms with Crippen molar-refractivity contribution in [3.63, 3.8) is 0 Å². The van der Waals surface area contributed by atoms with Gasteiger partial charge >= 0.3 is 11.9 Å². The van der Waals surface area contributed by atoms with Crippen molar-refractivity contribution >= 4 is 11.9 Å². The van der Waals surface area contributed by atoms with Gasteiger partial charge in [0.1, 0.15) is 18.8 Å². The van der Waals surface area contributed by atoms with E-state index in [0.29, 0.717) is 0 Å². The van der Waals surface area contributed by atoms with E-state index in [1.807, 2.05) is 0 Å². The van der Waals surface area contributed by atoms with Crippen molar-refractivity contribution in [1.82, 2.24) is 0 Å². The fraction of sp³-hybridized carbons (Fsp3) is 0.692. The topological polar surface area (TPSA) is 120 Å². The molecule has 0 unspecified atom stereocenters. The normalized spacial score (nSPS) is 27.4. The van der Waals surface area contributed by atoms with Crippen LogP contribution in [0.15, 0.2) is 17.8 Å². The van der Waals surface area contributed by atoms with Crippen LogP contribution >= 0.6 is 0 Å². The van der Waals surface area contributed by atoms with Gasteiger partial charge in [-0.3, -0.25) is 9.59 Å². The van der Waals surface area contributed by atoms with Gasteiger partial charge in [-0.15, -0.1) is 6.58 Å². The first-order valence-electron chi connectivity index (χ1n) is 6.70. The second-order valence-corrected chi connectivity index (χ2v) is 4.61.